The Morgan fingerprint density at radius 1 is 1.13 bits per heavy atom. The first-order chi connectivity index (χ1) is 11.2. The van der Waals surface area contributed by atoms with E-state index in [0.29, 0.717) is 32.7 Å². The second-order valence-electron chi connectivity index (χ2n) is 4.58. The standard InChI is InChI=1S/C16H9Cl2N5/c17-14-2-1-3-15(16(14)18)23-10-13(21-22-23)5-4-12-8-11(9-19)6-7-20-12/h1-8,10H. The van der Waals surface area contributed by atoms with Gasteiger partial charge in [-0.1, -0.05) is 34.5 Å². The number of aromatic nitrogens is 4. The van der Waals surface area contributed by atoms with E-state index >= 15 is 0 Å². The highest BCUT2D eigenvalue weighted by atomic mass is 35.5. The zero-order valence-corrected chi connectivity index (χ0v) is 13.2. The van der Waals surface area contributed by atoms with Crippen LogP contribution in [0.5, 0.6) is 0 Å². The van der Waals surface area contributed by atoms with E-state index in [1.165, 1.54) is 0 Å². The molecule has 3 aromatic rings. The zero-order chi connectivity index (χ0) is 16.2. The van der Waals surface area contributed by atoms with Gasteiger partial charge in [0.2, 0.25) is 0 Å². The number of rotatable bonds is 3. The largest absolute Gasteiger partial charge is 0.257 e. The van der Waals surface area contributed by atoms with E-state index in [1.54, 1.807) is 59.6 Å². The predicted molar refractivity (Wildman–Crippen MR) is 89.3 cm³/mol. The molecule has 0 atom stereocenters. The Hall–Kier alpha value is -2.68. The van der Waals surface area contributed by atoms with E-state index in [-0.39, 0.29) is 0 Å². The maximum Gasteiger partial charge on any atom is 0.106 e. The van der Waals surface area contributed by atoms with Crippen molar-refractivity contribution < 1.29 is 0 Å². The first-order valence-corrected chi connectivity index (χ1v) is 7.34. The fourth-order valence-corrected chi connectivity index (χ4v) is 2.30. The molecule has 3 rings (SSSR count). The van der Waals surface area contributed by atoms with Crippen molar-refractivity contribution in [3.8, 4) is 11.8 Å². The van der Waals surface area contributed by atoms with Gasteiger partial charge < -0.3 is 0 Å². The molecular formula is C16H9Cl2N5. The topological polar surface area (TPSA) is 67.4 Å². The van der Waals surface area contributed by atoms with Crippen molar-refractivity contribution in [1.29, 1.82) is 5.26 Å². The minimum Gasteiger partial charge on any atom is -0.257 e. The summed E-state index contributed by atoms with van der Waals surface area (Å²) in [5, 5.41) is 17.8. The summed E-state index contributed by atoms with van der Waals surface area (Å²) in [7, 11) is 0. The number of pyridine rings is 1. The summed E-state index contributed by atoms with van der Waals surface area (Å²) in [6, 6.07) is 10.7. The number of benzene rings is 1. The Balaban J connectivity index is 1.86. The molecule has 112 valence electrons. The minimum absolute atomic E-state index is 0.415. The molecule has 1 aromatic carbocycles. The molecular weight excluding hydrogens is 333 g/mol. The average molecular weight is 342 g/mol. The van der Waals surface area contributed by atoms with Gasteiger partial charge in [0.25, 0.3) is 0 Å². The molecule has 0 radical (unpaired) electrons. The second kappa shape index (κ2) is 6.61. The Kier molecular flexibility index (Phi) is 4.38. The van der Waals surface area contributed by atoms with Gasteiger partial charge in [-0.2, -0.15) is 5.26 Å². The third-order valence-electron chi connectivity index (χ3n) is 3.02. The molecule has 0 fully saturated rings. The van der Waals surface area contributed by atoms with Gasteiger partial charge in [0.05, 0.1) is 39.3 Å². The van der Waals surface area contributed by atoms with Gasteiger partial charge in [-0.05, 0) is 36.4 Å². The molecule has 0 N–H and O–H groups in total. The van der Waals surface area contributed by atoms with Gasteiger partial charge in [-0.3, -0.25) is 4.98 Å². The summed E-state index contributed by atoms with van der Waals surface area (Å²) in [6.45, 7) is 0. The SMILES string of the molecule is N#Cc1ccnc(C=Cc2cn(-c3cccc(Cl)c3Cl)nn2)c1. The molecule has 0 saturated heterocycles. The minimum atomic E-state index is 0.415. The molecule has 7 heteroatoms. The first-order valence-electron chi connectivity index (χ1n) is 6.58. The lowest BCUT2D eigenvalue weighted by Crippen LogP contribution is -1.95. The summed E-state index contributed by atoms with van der Waals surface area (Å²) in [6.07, 6.45) is 6.82. The molecule has 0 spiro atoms. The van der Waals surface area contributed by atoms with Crippen LogP contribution in [0.25, 0.3) is 17.8 Å². The van der Waals surface area contributed by atoms with E-state index < -0.39 is 0 Å². The highest BCUT2D eigenvalue weighted by molar-refractivity contribution is 6.43. The highest BCUT2D eigenvalue weighted by Gasteiger charge is 2.08. The van der Waals surface area contributed by atoms with Crippen LogP contribution < -0.4 is 0 Å². The normalized spacial score (nSPS) is 10.8. The van der Waals surface area contributed by atoms with Gasteiger partial charge in [-0.25, -0.2) is 4.68 Å². The number of hydrogen-bond donors (Lipinski definition) is 0. The van der Waals surface area contributed by atoms with Crippen LogP contribution in [-0.4, -0.2) is 20.0 Å². The van der Waals surface area contributed by atoms with Crippen molar-refractivity contribution in [2.75, 3.05) is 0 Å². The lowest BCUT2D eigenvalue weighted by molar-refractivity contribution is 0.803. The maximum absolute atomic E-state index is 8.87. The van der Waals surface area contributed by atoms with Gasteiger partial charge in [0, 0.05) is 6.20 Å². The quantitative estimate of drug-likeness (QED) is 0.721. The summed E-state index contributed by atoms with van der Waals surface area (Å²) < 4.78 is 1.55. The Bertz CT molecular complexity index is 924. The van der Waals surface area contributed by atoms with Crippen LogP contribution >= 0.6 is 23.2 Å². The van der Waals surface area contributed by atoms with Gasteiger partial charge in [-0.15, -0.1) is 5.10 Å². The number of nitrogens with zero attached hydrogens (tertiary/aromatic N) is 5. The number of nitriles is 1. The van der Waals surface area contributed by atoms with Crippen molar-refractivity contribution in [3.05, 3.63) is 69.7 Å². The van der Waals surface area contributed by atoms with Gasteiger partial charge in [0.1, 0.15) is 5.69 Å². The summed E-state index contributed by atoms with van der Waals surface area (Å²) in [5.74, 6) is 0. The van der Waals surface area contributed by atoms with Gasteiger partial charge in [0.15, 0.2) is 0 Å². The third kappa shape index (κ3) is 3.39. The molecule has 2 heterocycles. The Labute approximate surface area is 142 Å². The molecule has 0 aliphatic heterocycles. The molecule has 0 aliphatic carbocycles. The van der Waals surface area contributed by atoms with E-state index in [4.69, 9.17) is 28.5 Å². The zero-order valence-electron chi connectivity index (χ0n) is 11.7. The second-order valence-corrected chi connectivity index (χ2v) is 5.36. The summed E-state index contributed by atoms with van der Waals surface area (Å²) >= 11 is 12.2. The summed E-state index contributed by atoms with van der Waals surface area (Å²) in [5.41, 5.74) is 2.49. The molecule has 0 aliphatic rings. The van der Waals surface area contributed by atoms with Crippen LogP contribution in [-0.2, 0) is 0 Å². The van der Waals surface area contributed by atoms with Crippen molar-refractivity contribution >= 4 is 35.4 Å². The molecule has 23 heavy (non-hydrogen) atoms. The number of halogens is 2. The average Bonchev–Trinajstić information content (AvgIpc) is 3.04. The molecule has 5 nitrogen and oxygen atoms in total. The smallest absolute Gasteiger partial charge is 0.106 e. The maximum atomic E-state index is 8.87. The fourth-order valence-electron chi connectivity index (χ4n) is 1.92. The van der Waals surface area contributed by atoms with Crippen LogP contribution in [0.1, 0.15) is 17.0 Å². The van der Waals surface area contributed by atoms with Crippen LogP contribution in [0.3, 0.4) is 0 Å². The molecule has 0 amide bonds. The molecule has 2 aromatic heterocycles. The van der Waals surface area contributed by atoms with Crippen molar-refractivity contribution in [2.45, 2.75) is 0 Å². The lowest BCUT2D eigenvalue weighted by Gasteiger charge is -2.03. The number of hydrogen-bond acceptors (Lipinski definition) is 4. The van der Waals surface area contributed by atoms with Gasteiger partial charge >= 0.3 is 0 Å². The molecule has 0 saturated carbocycles. The monoisotopic (exact) mass is 341 g/mol. The predicted octanol–water partition coefficient (Wildman–Crippen LogP) is 4.01. The lowest BCUT2D eigenvalue weighted by atomic mass is 10.2. The van der Waals surface area contributed by atoms with Crippen LogP contribution in [0.15, 0.2) is 42.7 Å². The molecule has 0 unspecified atom stereocenters. The fraction of sp³-hybridized carbons (Fsp3) is 0. The molecule has 0 bridgehead atoms. The summed E-state index contributed by atoms with van der Waals surface area (Å²) in [4.78, 5) is 4.16. The van der Waals surface area contributed by atoms with Crippen molar-refractivity contribution in [3.63, 3.8) is 0 Å². The van der Waals surface area contributed by atoms with E-state index in [1.807, 2.05) is 0 Å². The van der Waals surface area contributed by atoms with Crippen LogP contribution in [0, 0.1) is 11.3 Å². The van der Waals surface area contributed by atoms with E-state index in [2.05, 4.69) is 21.4 Å². The van der Waals surface area contributed by atoms with Crippen molar-refractivity contribution in [1.82, 2.24) is 20.0 Å². The third-order valence-corrected chi connectivity index (χ3v) is 3.83. The van der Waals surface area contributed by atoms with E-state index in [9.17, 15) is 0 Å². The highest BCUT2D eigenvalue weighted by Crippen LogP contribution is 2.27. The van der Waals surface area contributed by atoms with Crippen LogP contribution in [0.2, 0.25) is 10.0 Å². The van der Waals surface area contributed by atoms with Crippen LogP contribution in [0.4, 0.5) is 0 Å². The Morgan fingerprint density at radius 3 is 2.78 bits per heavy atom. The first kappa shape index (κ1) is 15.2. The van der Waals surface area contributed by atoms with E-state index in [0.717, 1.165) is 0 Å². The van der Waals surface area contributed by atoms with Crippen molar-refractivity contribution in [2.24, 2.45) is 0 Å². The Morgan fingerprint density at radius 2 is 1.96 bits per heavy atom.